The quantitative estimate of drug-likeness (QED) is 0.853. The maximum absolute atomic E-state index is 13.0. The van der Waals surface area contributed by atoms with E-state index in [1.54, 1.807) is 0 Å². The largest absolute Gasteiger partial charge is 0.492 e. The number of fused-ring (bicyclic) bond motifs is 1. The van der Waals surface area contributed by atoms with Crippen molar-refractivity contribution in [2.24, 2.45) is 0 Å². The van der Waals surface area contributed by atoms with Crippen molar-refractivity contribution in [2.45, 2.75) is 38.6 Å². The monoisotopic (exact) mass is 325 g/mol. The molecule has 5 heteroatoms. The summed E-state index contributed by atoms with van der Waals surface area (Å²) in [6.07, 6.45) is 5.74. The van der Waals surface area contributed by atoms with Gasteiger partial charge in [0.2, 0.25) is 5.91 Å². The van der Waals surface area contributed by atoms with Crippen LogP contribution < -0.4 is 4.74 Å². The Morgan fingerprint density at radius 2 is 1.96 bits per heavy atom. The van der Waals surface area contributed by atoms with Crippen LogP contribution >= 0.6 is 0 Å². The molecule has 3 heterocycles. The van der Waals surface area contributed by atoms with Gasteiger partial charge in [0, 0.05) is 31.0 Å². The van der Waals surface area contributed by atoms with Gasteiger partial charge in [0.15, 0.2) is 0 Å². The average Bonchev–Trinajstić information content (AvgIpc) is 3.25. The van der Waals surface area contributed by atoms with Gasteiger partial charge >= 0.3 is 0 Å². The van der Waals surface area contributed by atoms with Crippen LogP contribution in [0.4, 0.5) is 0 Å². The highest BCUT2D eigenvalue weighted by molar-refractivity contribution is 5.85. The number of aryl methyl sites for hydroxylation is 2. The van der Waals surface area contributed by atoms with Crippen molar-refractivity contribution >= 4 is 5.91 Å². The summed E-state index contributed by atoms with van der Waals surface area (Å²) < 4.78 is 7.79. The lowest BCUT2D eigenvalue weighted by atomic mass is 9.94. The minimum absolute atomic E-state index is 0.152. The standard InChI is InChI=1S/C19H23N3O2/c1-13-10-16-17(12-24-18(16)11-14(13)2)19(23)21-8-4-15(5-9-21)22-7-3-6-20-22/h3,6-7,10-11,15,17H,4-5,8-9,12H2,1-2H3. The summed E-state index contributed by atoms with van der Waals surface area (Å²) in [5.74, 6) is 0.930. The molecule has 1 aromatic carbocycles. The highest BCUT2D eigenvalue weighted by Gasteiger charge is 2.35. The molecular formula is C19H23N3O2. The van der Waals surface area contributed by atoms with Crippen LogP contribution in [0.25, 0.3) is 0 Å². The zero-order valence-corrected chi connectivity index (χ0v) is 14.2. The molecule has 1 aromatic heterocycles. The topological polar surface area (TPSA) is 47.4 Å². The summed E-state index contributed by atoms with van der Waals surface area (Å²) in [7, 11) is 0. The Bertz CT molecular complexity index is 746. The van der Waals surface area contributed by atoms with Crippen molar-refractivity contribution in [3.05, 3.63) is 47.3 Å². The van der Waals surface area contributed by atoms with Crippen LogP contribution in [-0.4, -0.2) is 40.3 Å². The minimum Gasteiger partial charge on any atom is -0.492 e. The molecular weight excluding hydrogens is 302 g/mol. The van der Waals surface area contributed by atoms with Gasteiger partial charge in [0.25, 0.3) is 0 Å². The number of nitrogens with zero attached hydrogens (tertiary/aromatic N) is 3. The first kappa shape index (κ1) is 15.2. The van der Waals surface area contributed by atoms with E-state index in [0.717, 1.165) is 37.2 Å². The van der Waals surface area contributed by atoms with Crippen molar-refractivity contribution in [3.63, 3.8) is 0 Å². The SMILES string of the molecule is Cc1cc2c(cc1C)C(C(=O)N1CCC(n3cccn3)CC1)CO2. The first-order chi connectivity index (χ1) is 11.6. The first-order valence-corrected chi connectivity index (χ1v) is 8.65. The van der Waals surface area contributed by atoms with Gasteiger partial charge in [-0.15, -0.1) is 0 Å². The summed E-state index contributed by atoms with van der Waals surface area (Å²) in [6.45, 7) is 6.22. The molecule has 1 amide bonds. The smallest absolute Gasteiger partial charge is 0.233 e. The van der Waals surface area contributed by atoms with E-state index >= 15 is 0 Å². The minimum atomic E-state index is -0.152. The number of hydrogen-bond acceptors (Lipinski definition) is 3. The summed E-state index contributed by atoms with van der Waals surface area (Å²) in [5.41, 5.74) is 3.48. The highest BCUT2D eigenvalue weighted by atomic mass is 16.5. The van der Waals surface area contributed by atoms with E-state index < -0.39 is 0 Å². The molecule has 4 rings (SSSR count). The van der Waals surface area contributed by atoms with Crippen molar-refractivity contribution in [2.75, 3.05) is 19.7 Å². The molecule has 2 aliphatic heterocycles. The van der Waals surface area contributed by atoms with E-state index in [0.29, 0.717) is 12.6 Å². The van der Waals surface area contributed by atoms with Crippen molar-refractivity contribution in [1.29, 1.82) is 0 Å². The van der Waals surface area contributed by atoms with Crippen LogP contribution in [0.3, 0.4) is 0 Å². The number of aromatic nitrogens is 2. The third-order valence-electron chi connectivity index (χ3n) is 5.38. The van der Waals surface area contributed by atoms with E-state index in [1.807, 2.05) is 28.0 Å². The number of amides is 1. The number of rotatable bonds is 2. The Labute approximate surface area is 142 Å². The predicted octanol–water partition coefficient (Wildman–Crippen LogP) is 2.84. The predicted molar refractivity (Wildman–Crippen MR) is 91.2 cm³/mol. The molecule has 0 bridgehead atoms. The van der Waals surface area contributed by atoms with Gasteiger partial charge in [-0.05, 0) is 49.9 Å². The first-order valence-electron chi connectivity index (χ1n) is 8.65. The van der Waals surface area contributed by atoms with Crippen LogP contribution in [0.15, 0.2) is 30.6 Å². The number of carbonyl (C=O) groups is 1. The lowest BCUT2D eigenvalue weighted by Gasteiger charge is -2.33. The Morgan fingerprint density at radius 1 is 1.21 bits per heavy atom. The van der Waals surface area contributed by atoms with E-state index in [2.05, 4.69) is 31.1 Å². The van der Waals surface area contributed by atoms with Crippen molar-refractivity contribution in [1.82, 2.24) is 14.7 Å². The number of likely N-dealkylation sites (tertiary alicyclic amines) is 1. The maximum Gasteiger partial charge on any atom is 0.233 e. The molecule has 0 saturated carbocycles. The number of ether oxygens (including phenoxy) is 1. The molecule has 5 nitrogen and oxygen atoms in total. The van der Waals surface area contributed by atoms with Crippen LogP contribution in [0.2, 0.25) is 0 Å². The van der Waals surface area contributed by atoms with E-state index in [9.17, 15) is 4.79 Å². The summed E-state index contributed by atoms with van der Waals surface area (Å²) in [6, 6.07) is 6.54. The molecule has 1 atom stereocenters. The fourth-order valence-corrected chi connectivity index (χ4v) is 3.74. The summed E-state index contributed by atoms with van der Waals surface area (Å²) in [5, 5.41) is 4.33. The summed E-state index contributed by atoms with van der Waals surface area (Å²) in [4.78, 5) is 15.0. The molecule has 0 N–H and O–H groups in total. The third kappa shape index (κ3) is 2.58. The molecule has 0 aliphatic carbocycles. The van der Waals surface area contributed by atoms with Gasteiger partial charge in [-0.3, -0.25) is 9.48 Å². The van der Waals surface area contributed by atoms with Gasteiger partial charge in [0.1, 0.15) is 18.3 Å². The van der Waals surface area contributed by atoms with Gasteiger partial charge < -0.3 is 9.64 Å². The van der Waals surface area contributed by atoms with Gasteiger partial charge in [-0.25, -0.2) is 0 Å². The van der Waals surface area contributed by atoms with Crippen LogP contribution in [0, 0.1) is 13.8 Å². The fraction of sp³-hybridized carbons (Fsp3) is 0.474. The second-order valence-electron chi connectivity index (χ2n) is 6.88. The number of hydrogen-bond donors (Lipinski definition) is 0. The van der Waals surface area contributed by atoms with Crippen LogP contribution in [0.1, 0.15) is 41.5 Å². The summed E-state index contributed by atoms with van der Waals surface area (Å²) >= 11 is 0. The van der Waals surface area contributed by atoms with E-state index in [4.69, 9.17) is 4.74 Å². The second kappa shape index (κ2) is 5.96. The Kier molecular flexibility index (Phi) is 3.79. The van der Waals surface area contributed by atoms with Gasteiger partial charge in [0.05, 0.1) is 6.04 Å². The molecule has 2 aliphatic rings. The number of benzene rings is 1. The molecule has 1 unspecified atom stereocenters. The Morgan fingerprint density at radius 3 is 2.67 bits per heavy atom. The number of piperidine rings is 1. The molecule has 24 heavy (non-hydrogen) atoms. The molecule has 126 valence electrons. The second-order valence-corrected chi connectivity index (χ2v) is 6.88. The van der Waals surface area contributed by atoms with Crippen LogP contribution in [-0.2, 0) is 4.79 Å². The molecule has 0 spiro atoms. The normalized spacial score (nSPS) is 20.8. The van der Waals surface area contributed by atoms with Crippen molar-refractivity contribution < 1.29 is 9.53 Å². The lowest BCUT2D eigenvalue weighted by molar-refractivity contribution is -0.134. The average molecular weight is 325 g/mol. The lowest BCUT2D eigenvalue weighted by Crippen LogP contribution is -2.42. The highest BCUT2D eigenvalue weighted by Crippen LogP contribution is 2.37. The maximum atomic E-state index is 13.0. The van der Waals surface area contributed by atoms with E-state index in [1.165, 1.54) is 11.1 Å². The zero-order valence-electron chi connectivity index (χ0n) is 14.2. The third-order valence-corrected chi connectivity index (χ3v) is 5.38. The van der Waals surface area contributed by atoms with Gasteiger partial charge in [-0.1, -0.05) is 6.07 Å². The van der Waals surface area contributed by atoms with E-state index in [-0.39, 0.29) is 11.8 Å². The molecule has 1 fully saturated rings. The van der Waals surface area contributed by atoms with Gasteiger partial charge in [-0.2, -0.15) is 5.10 Å². The van der Waals surface area contributed by atoms with Crippen molar-refractivity contribution in [3.8, 4) is 5.75 Å². The fourth-order valence-electron chi connectivity index (χ4n) is 3.74. The molecule has 0 radical (unpaired) electrons. The Balaban J connectivity index is 1.46. The Hall–Kier alpha value is -2.30. The molecule has 1 saturated heterocycles. The number of carbonyl (C=O) groups excluding carboxylic acids is 1. The molecule has 2 aromatic rings. The van der Waals surface area contributed by atoms with Crippen LogP contribution in [0.5, 0.6) is 5.75 Å². The zero-order chi connectivity index (χ0) is 16.7.